The van der Waals surface area contributed by atoms with Crippen molar-refractivity contribution in [2.75, 3.05) is 0 Å². The summed E-state index contributed by atoms with van der Waals surface area (Å²) in [5, 5.41) is 0. The summed E-state index contributed by atoms with van der Waals surface area (Å²) in [6.45, 7) is 11.5. The highest BCUT2D eigenvalue weighted by molar-refractivity contribution is 5.33. The van der Waals surface area contributed by atoms with Crippen LogP contribution in [-0.2, 0) is 6.42 Å². The summed E-state index contributed by atoms with van der Waals surface area (Å²) in [5.74, 6) is 1.51. The van der Waals surface area contributed by atoms with Gasteiger partial charge in [-0.1, -0.05) is 52.3 Å². The third kappa shape index (κ3) is 4.53. The number of benzene rings is 1. The van der Waals surface area contributed by atoms with Gasteiger partial charge in [0.25, 0.3) is 0 Å². The first-order chi connectivity index (χ1) is 8.04. The molecule has 17 heavy (non-hydrogen) atoms. The summed E-state index contributed by atoms with van der Waals surface area (Å²) in [6.07, 6.45) is 5.10. The van der Waals surface area contributed by atoms with Gasteiger partial charge in [0.05, 0.1) is 0 Å². The zero-order valence-electron chi connectivity index (χ0n) is 12.2. The maximum atomic E-state index is 2.44. The largest absolute Gasteiger partial charge is 0.0654 e. The number of aryl methyl sites for hydroxylation is 2. The van der Waals surface area contributed by atoms with Gasteiger partial charge in [-0.3, -0.25) is 0 Å². The van der Waals surface area contributed by atoms with Crippen molar-refractivity contribution >= 4 is 0 Å². The molecule has 1 aromatic rings. The van der Waals surface area contributed by atoms with Crippen LogP contribution in [0.2, 0.25) is 0 Å². The molecule has 0 saturated heterocycles. The molecule has 0 N–H and O–H groups in total. The predicted molar refractivity (Wildman–Crippen MR) is 77.7 cm³/mol. The molecule has 96 valence electrons. The van der Waals surface area contributed by atoms with Gasteiger partial charge in [0.2, 0.25) is 0 Å². The molecule has 0 aromatic heterocycles. The predicted octanol–water partition coefficient (Wildman–Crippen LogP) is 5.49. The summed E-state index contributed by atoms with van der Waals surface area (Å²) in [4.78, 5) is 0. The molecule has 0 nitrogen and oxygen atoms in total. The molecule has 1 rings (SSSR count). The highest BCUT2D eigenvalue weighted by Gasteiger charge is 2.08. The van der Waals surface area contributed by atoms with Crippen molar-refractivity contribution in [3.63, 3.8) is 0 Å². The molecule has 0 radical (unpaired) electrons. The van der Waals surface area contributed by atoms with Gasteiger partial charge < -0.3 is 0 Å². The summed E-state index contributed by atoms with van der Waals surface area (Å²) >= 11 is 0. The van der Waals surface area contributed by atoms with E-state index in [0.717, 1.165) is 5.92 Å². The Morgan fingerprint density at radius 3 is 2.35 bits per heavy atom. The molecule has 0 aliphatic rings. The van der Waals surface area contributed by atoms with Crippen LogP contribution in [0.1, 0.15) is 69.6 Å². The fraction of sp³-hybridized carbons (Fsp3) is 0.647. The molecule has 0 spiro atoms. The summed E-state index contributed by atoms with van der Waals surface area (Å²) in [5.41, 5.74) is 4.54. The monoisotopic (exact) mass is 232 g/mol. The maximum Gasteiger partial charge on any atom is -0.0188 e. The third-order valence-electron chi connectivity index (χ3n) is 3.61. The second-order valence-electron chi connectivity index (χ2n) is 5.81. The molecule has 1 aromatic carbocycles. The van der Waals surface area contributed by atoms with Crippen molar-refractivity contribution in [3.05, 3.63) is 34.9 Å². The Bertz CT molecular complexity index is 336. The van der Waals surface area contributed by atoms with Crippen LogP contribution in [0.15, 0.2) is 18.2 Å². The van der Waals surface area contributed by atoms with E-state index < -0.39 is 0 Å². The Labute approximate surface area is 107 Å². The second kappa shape index (κ2) is 6.83. The van der Waals surface area contributed by atoms with Crippen LogP contribution in [-0.4, -0.2) is 0 Å². The van der Waals surface area contributed by atoms with Gasteiger partial charge >= 0.3 is 0 Å². The van der Waals surface area contributed by atoms with Crippen molar-refractivity contribution in [2.24, 2.45) is 5.92 Å². The van der Waals surface area contributed by atoms with E-state index >= 15 is 0 Å². The van der Waals surface area contributed by atoms with Gasteiger partial charge in [-0.2, -0.15) is 0 Å². The molecular weight excluding hydrogens is 204 g/mol. The lowest BCUT2D eigenvalue weighted by atomic mass is 9.90. The first-order valence-electron chi connectivity index (χ1n) is 7.14. The Balaban J connectivity index is 2.78. The molecule has 0 aliphatic heterocycles. The van der Waals surface area contributed by atoms with E-state index in [0.29, 0.717) is 5.92 Å². The zero-order chi connectivity index (χ0) is 12.8. The molecule has 0 heteroatoms. The van der Waals surface area contributed by atoms with Gasteiger partial charge in [-0.05, 0) is 54.7 Å². The molecule has 0 fully saturated rings. The summed E-state index contributed by atoms with van der Waals surface area (Å²) in [7, 11) is 0. The van der Waals surface area contributed by atoms with E-state index in [1.807, 2.05) is 0 Å². The van der Waals surface area contributed by atoms with Crippen LogP contribution in [0.5, 0.6) is 0 Å². The molecule has 0 saturated carbocycles. The van der Waals surface area contributed by atoms with E-state index in [1.165, 1.54) is 36.8 Å². The lowest BCUT2D eigenvalue weighted by molar-refractivity contribution is 0.585. The lowest BCUT2D eigenvalue weighted by Crippen LogP contribution is -1.99. The normalized spacial score (nSPS) is 13.1. The van der Waals surface area contributed by atoms with Crippen molar-refractivity contribution in [3.8, 4) is 0 Å². The van der Waals surface area contributed by atoms with Gasteiger partial charge in [-0.25, -0.2) is 0 Å². The molecule has 0 aliphatic carbocycles. The summed E-state index contributed by atoms with van der Waals surface area (Å²) in [6, 6.07) is 7.05. The topological polar surface area (TPSA) is 0 Å². The maximum absolute atomic E-state index is 2.44. The zero-order valence-corrected chi connectivity index (χ0v) is 12.2. The minimum atomic E-state index is 0.707. The fourth-order valence-corrected chi connectivity index (χ4v) is 2.42. The first-order valence-corrected chi connectivity index (χ1v) is 7.14. The minimum absolute atomic E-state index is 0.707. The van der Waals surface area contributed by atoms with E-state index in [4.69, 9.17) is 0 Å². The average molecular weight is 232 g/mol. The Morgan fingerprint density at radius 1 is 1.06 bits per heavy atom. The fourth-order valence-electron chi connectivity index (χ4n) is 2.42. The van der Waals surface area contributed by atoms with E-state index in [-0.39, 0.29) is 0 Å². The molecule has 1 atom stereocenters. The van der Waals surface area contributed by atoms with E-state index in [2.05, 4.69) is 52.8 Å². The quantitative estimate of drug-likeness (QED) is 0.608. The van der Waals surface area contributed by atoms with Crippen LogP contribution in [0, 0.1) is 12.8 Å². The van der Waals surface area contributed by atoms with Gasteiger partial charge in [0.1, 0.15) is 0 Å². The van der Waals surface area contributed by atoms with Gasteiger partial charge in [0.15, 0.2) is 0 Å². The number of hydrogen-bond donors (Lipinski definition) is 0. The molecule has 0 amide bonds. The van der Waals surface area contributed by atoms with Gasteiger partial charge in [0, 0.05) is 0 Å². The van der Waals surface area contributed by atoms with E-state index in [9.17, 15) is 0 Å². The molecule has 0 heterocycles. The minimum Gasteiger partial charge on any atom is -0.0654 e. The third-order valence-corrected chi connectivity index (χ3v) is 3.61. The Kier molecular flexibility index (Phi) is 5.74. The standard InChI is InChI=1S/C17H28/c1-6-7-14(4)17-12-16(10-8-13(2)3)11-9-15(17)5/h9,11-14H,6-8,10H2,1-5H3. The van der Waals surface area contributed by atoms with Crippen LogP contribution in [0.25, 0.3) is 0 Å². The van der Waals surface area contributed by atoms with Gasteiger partial charge in [-0.15, -0.1) is 0 Å². The van der Waals surface area contributed by atoms with Crippen LogP contribution < -0.4 is 0 Å². The summed E-state index contributed by atoms with van der Waals surface area (Å²) < 4.78 is 0. The van der Waals surface area contributed by atoms with Crippen molar-refractivity contribution < 1.29 is 0 Å². The van der Waals surface area contributed by atoms with Crippen LogP contribution >= 0.6 is 0 Å². The van der Waals surface area contributed by atoms with Crippen molar-refractivity contribution in [2.45, 2.75) is 66.2 Å². The SMILES string of the molecule is CCCC(C)c1cc(CCC(C)C)ccc1C. The van der Waals surface area contributed by atoms with E-state index in [1.54, 1.807) is 5.56 Å². The Hall–Kier alpha value is -0.780. The molecule has 1 unspecified atom stereocenters. The van der Waals surface area contributed by atoms with Crippen molar-refractivity contribution in [1.29, 1.82) is 0 Å². The average Bonchev–Trinajstić information content (AvgIpc) is 2.28. The highest BCUT2D eigenvalue weighted by atomic mass is 14.1. The van der Waals surface area contributed by atoms with Crippen molar-refractivity contribution in [1.82, 2.24) is 0 Å². The smallest absolute Gasteiger partial charge is 0.0188 e. The number of rotatable bonds is 6. The molecule has 0 bridgehead atoms. The van der Waals surface area contributed by atoms with Crippen LogP contribution in [0.4, 0.5) is 0 Å². The first kappa shape index (κ1) is 14.3. The molecular formula is C17H28. The highest BCUT2D eigenvalue weighted by Crippen LogP contribution is 2.25. The lowest BCUT2D eigenvalue weighted by Gasteiger charge is -2.16. The second-order valence-corrected chi connectivity index (χ2v) is 5.81. The Morgan fingerprint density at radius 2 is 1.76 bits per heavy atom. The van der Waals surface area contributed by atoms with Crippen LogP contribution in [0.3, 0.4) is 0 Å². The number of hydrogen-bond acceptors (Lipinski definition) is 0.